The Morgan fingerprint density at radius 3 is 1.57 bits per heavy atom. The van der Waals surface area contributed by atoms with Gasteiger partial charge >= 0.3 is 11.9 Å². The van der Waals surface area contributed by atoms with Crippen molar-refractivity contribution < 1.29 is 73.8 Å². The Bertz CT molecular complexity index is 1090. The van der Waals surface area contributed by atoms with Crippen LogP contribution in [0.3, 0.4) is 0 Å². The van der Waals surface area contributed by atoms with Gasteiger partial charge in [0.05, 0.1) is 19.8 Å². The summed E-state index contributed by atoms with van der Waals surface area (Å²) < 4.78 is 33.3. The van der Waals surface area contributed by atoms with Gasteiger partial charge in [-0.2, -0.15) is 0 Å². The van der Waals surface area contributed by atoms with Crippen molar-refractivity contribution in [2.75, 3.05) is 26.4 Å². The van der Waals surface area contributed by atoms with Crippen molar-refractivity contribution in [3.63, 3.8) is 0 Å². The van der Waals surface area contributed by atoms with Crippen molar-refractivity contribution in [1.29, 1.82) is 0 Å². The van der Waals surface area contributed by atoms with Crippen LogP contribution in [-0.4, -0.2) is 142 Å². The summed E-state index contributed by atoms with van der Waals surface area (Å²) in [6, 6.07) is 0. The van der Waals surface area contributed by atoms with Crippen molar-refractivity contribution in [2.45, 2.75) is 197 Å². The highest BCUT2D eigenvalue weighted by Crippen LogP contribution is 2.26. The molecule has 56 heavy (non-hydrogen) atoms. The van der Waals surface area contributed by atoms with E-state index in [0.29, 0.717) is 12.8 Å². The molecule has 2 aliphatic heterocycles. The summed E-state index contributed by atoms with van der Waals surface area (Å²) >= 11 is 0. The maximum atomic E-state index is 12.8. The lowest BCUT2D eigenvalue weighted by atomic mass is 9.98. The molecule has 15 heteroatoms. The molecule has 7 N–H and O–H groups in total. The fourth-order valence-corrected chi connectivity index (χ4v) is 6.34. The highest BCUT2D eigenvalue weighted by Gasteiger charge is 2.47. The van der Waals surface area contributed by atoms with E-state index in [1.54, 1.807) is 0 Å². The van der Waals surface area contributed by atoms with Crippen molar-refractivity contribution in [3.05, 3.63) is 24.3 Å². The van der Waals surface area contributed by atoms with Gasteiger partial charge in [-0.1, -0.05) is 89.5 Å². The van der Waals surface area contributed by atoms with Crippen LogP contribution < -0.4 is 0 Å². The minimum Gasteiger partial charge on any atom is -0.462 e. The molecule has 2 rings (SSSR count). The van der Waals surface area contributed by atoms with Gasteiger partial charge in [0, 0.05) is 12.8 Å². The minimum absolute atomic E-state index is 0.153. The van der Waals surface area contributed by atoms with Crippen LogP contribution in [0.5, 0.6) is 0 Å². The Balaban J connectivity index is 1.90. The summed E-state index contributed by atoms with van der Waals surface area (Å²) in [6.45, 7) is 2.40. The molecule has 2 fully saturated rings. The smallest absolute Gasteiger partial charge is 0.306 e. The van der Waals surface area contributed by atoms with E-state index in [1.165, 1.54) is 0 Å². The standard InChI is InChI=1S/C41H72O15/c1-3-5-7-9-11-13-15-17-19-21-23-32(43)51-26-29(54-33(44)24-22-20-18-16-14-12-10-8-6-4-2)27-52-40-39(50)37(48)35(46)31(56-40)28-53-41-38(49)36(47)34(45)30(25-42)55-41/h7-10,29-31,34-42,45-50H,3-6,11-28H2,1-2H3/b9-7-,10-8-. The number of esters is 2. The van der Waals surface area contributed by atoms with Crippen molar-refractivity contribution in [3.8, 4) is 0 Å². The largest absolute Gasteiger partial charge is 0.462 e. The topological polar surface area (TPSA) is 231 Å². The van der Waals surface area contributed by atoms with Gasteiger partial charge in [0.1, 0.15) is 55.4 Å². The molecular formula is C41H72O15. The molecule has 2 saturated heterocycles. The quantitative estimate of drug-likeness (QED) is 0.0314. The van der Waals surface area contributed by atoms with Crippen molar-refractivity contribution in [1.82, 2.24) is 0 Å². The van der Waals surface area contributed by atoms with Gasteiger partial charge in [0.2, 0.25) is 0 Å². The Morgan fingerprint density at radius 1 is 0.554 bits per heavy atom. The SMILES string of the molecule is CCC/C=C\CCCCCCCC(=O)OCC(COC1OC(COC2OC(CO)C(O)C(O)C2O)C(O)C(O)C1O)OC(=O)CCCCCCC/C=C\CCC. The second-order valence-corrected chi connectivity index (χ2v) is 14.8. The lowest BCUT2D eigenvalue weighted by molar-refractivity contribution is -0.332. The molecule has 0 saturated carbocycles. The summed E-state index contributed by atoms with van der Waals surface area (Å²) in [6.07, 6.45) is 8.23. The molecule has 0 aromatic heterocycles. The van der Waals surface area contributed by atoms with E-state index in [4.69, 9.17) is 28.4 Å². The van der Waals surface area contributed by atoms with Crippen LogP contribution in [0.1, 0.15) is 129 Å². The molecule has 0 aromatic carbocycles. The first-order chi connectivity index (χ1) is 27.0. The van der Waals surface area contributed by atoms with Crippen LogP contribution >= 0.6 is 0 Å². The van der Waals surface area contributed by atoms with Gasteiger partial charge in [-0.15, -0.1) is 0 Å². The molecule has 0 radical (unpaired) electrons. The van der Waals surface area contributed by atoms with E-state index in [1.807, 2.05) is 0 Å². The third kappa shape index (κ3) is 19.6. The molecule has 2 aliphatic rings. The summed E-state index contributed by atoms with van der Waals surface area (Å²) in [5.41, 5.74) is 0. The van der Waals surface area contributed by atoms with Gasteiger partial charge in [-0.3, -0.25) is 9.59 Å². The predicted octanol–water partition coefficient (Wildman–Crippen LogP) is 3.26. The zero-order valence-corrected chi connectivity index (χ0v) is 33.6. The van der Waals surface area contributed by atoms with Crippen molar-refractivity contribution in [2.24, 2.45) is 0 Å². The molecule has 326 valence electrons. The second-order valence-electron chi connectivity index (χ2n) is 14.8. The lowest BCUT2D eigenvalue weighted by Gasteiger charge is -2.42. The first-order valence-corrected chi connectivity index (χ1v) is 20.9. The van der Waals surface area contributed by atoms with Gasteiger partial charge in [0.25, 0.3) is 0 Å². The number of hydrogen-bond donors (Lipinski definition) is 7. The average Bonchev–Trinajstić information content (AvgIpc) is 3.19. The maximum absolute atomic E-state index is 12.8. The normalized spacial score (nSPS) is 28.9. The Labute approximate surface area is 333 Å². The number of carbonyl (C=O) groups excluding carboxylic acids is 2. The highest BCUT2D eigenvalue weighted by atomic mass is 16.7. The number of allylic oxidation sites excluding steroid dienone is 4. The zero-order valence-electron chi connectivity index (χ0n) is 33.6. The summed E-state index contributed by atoms with van der Waals surface area (Å²) in [4.78, 5) is 25.4. The Kier molecular flexibility index (Phi) is 26.9. The van der Waals surface area contributed by atoms with Gasteiger partial charge in [-0.05, 0) is 51.4 Å². The zero-order chi connectivity index (χ0) is 41.1. The number of aliphatic hydroxyl groups is 7. The Morgan fingerprint density at radius 2 is 1.02 bits per heavy atom. The Hall–Kier alpha value is -2.02. The number of carbonyl (C=O) groups is 2. The third-order valence-corrected chi connectivity index (χ3v) is 9.86. The monoisotopic (exact) mass is 804 g/mol. The number of ether oxygens (including phenoxy) is 6. The summed E-state index contributed by atoms with van der Waals surface area (Å²) in [7, 11) is 0. The maximum Gasteiger partial charge on any atom is 0.306 e. The van der Waals surface area contributed by atoms with E-state index in [-0.39, 0.29) is 26.1 Å². The predicted molar refractivity (Wildman–Crippen MR) is 206 cm³/mol. The molecule has 0 aliphatic carbocycles. The molecule has 0 amide bonds. The fraction of sp³-hybridized carbons (Fsp3) is 0.854. The van der Waals surface area contributed by atoms with Crippen LogP contribution in [0, 0.1) is 0 Å². The molecule has 0 spiro atoms. The summed E-state index contributed by atoms with van der Waals surface area (Å²) in [5, 5.41) is 71.6. The lowest BCUT2D eigenvalue weighted by Crippen LogP contribution is -2.61. The van der Waals surface area contributed by atoms with Gasteiger partial charge in [-0.25, -0.2) is 0 Å². The van der Waals surface area contributed by atoms with Gasteiger partial charge < -0.3 is 64.2 Å². The average molecular weight is 805 g/mol. The van der Waals surface area contributed by atoms with Crippen LogP contribution in [0.4, 0.5) is 0 Å². The molecule has 15 nitrogen and oxygen atoms in total. The van der Waals surface area contributed by atoms with Crippen LogP contribution in [0.25, 0.3) is 0 Å². The number of unbranched alkanes of at least 4 members (excludes halogenated alkanes) is 12. The van der Waals surface area contributed by atoms with E-state index < -0.39 is 92.7 Å². The van der Waals surface area contributed by atoms with Gasteiger partial charge in [0.15, 0.2) is 18.7 Å². The van der Waals surface area contributed by atoms with Crippen LogP contribution in [0.2, 0.25) is 0 Å². The molecule has 2 heterocycles. The second kappa shape index (κ2) is 30.1. The molecule has 11 atom stereocenters. The number of hydrogen-bond acceptors (Lipinski definition) is 15. The highest BCUT2D eigenvalue weighted by molar-refractivity contribution is 5.70. The molecule has 0 aromatic rings. The molecular weight excluding hydrogens is 732 g/mol. The third-order valence-electron chi connectivity index (χ3n) is 9.86. The number of rotatable bonds is 30. The molecule has 0 bridgehead atoms. The summed E-state index contributed by atoms with van der Waals surface area (Å²) in [5.74, 6) is -0.955. The van der Waals surface area contributed by atoms with Crippen LogP contribution in [-0.2, 0) is 38.0 Å². The van der Waals surface area contributed by atoms with E-state index >= 15 is 0 Å². The van der Waals surface area contributed by atoms with E-state index in [9.17, 15) is 45.3 Å². The van der Waals surface area contributed by atoms with E-state index in [0.717, 1.165) is 89.9 Å². The minimum atomic E-state index is -1.76. The first kappa shape index (κ1) is 50.1. The van der Waals surface area contributed by atoms with E-state index in [2.05, 4.69) is 38.2 Å². The number of aliphatic hydroxyl groups excluding tert-OH is 7. The van der Waals surface area contributed by atoms with Crippen molar-refractivity contribution >= 4 is 11.9 Å². The first-order valence-electron chi connectivity index (χ1n) is 20.9. The fourth-order valence-electron chi connectivity index (χ4n) is 6.34. The van der Waals surface area contributed by atoms with Crippen LogP contribution in [0.15, 0.2) is 24.3 Å². The molecule has 11 unspecified atom stereocenters.